The molecule has 0 aliphatic carbocycles. The lowest BCUT2D eigenvalue weighted by Gasteiger charge is -2.39. The third-order valence-electron chi connectivity index (χ3n) is 4.46. The number of rotatable bonds is 7. The van der Waals surface area contributed by atoms with Gasteiger partial charge in [0.05, 0.1) is 12.8 Å². The van der Waals surface area contributed by atoms with E-state index in [1.165, 1.54) is 12.5 Å². The first-order valence-corrected chi connectivity index (χ1v) is 8.20. The van der Waals surface area contributed by atoms with Gasteiger partial charge in [0.15, 0.2) is 0 Å². The molecule has 1 aromatic carbocycles. The molecule has 1 aromatic heterocycles. The molecule has 25 heavy (non-hydrogen) atoms. The zero-order valence-corrected chi connectivity index (χ0v) is 15.1. The van der Waals surface area contributed by atoms with Crippen LogP contribution in [0, 0.1) is 5.41 Å². The van der Waals surface area contributed by atoms with Crippen molar-refractivity contribution in [1.82, 2.24) is 14.8 Å². The summed E-state index contributed by atoms with van der Waals surface area (Å²) >= 11 is 0. The first kappa shape index (κ1) is 18.9. The number of ether oxygens (including phenoxy) is 1. The van der Waals surface area contributed by atoms with E-state index in [1.54, 1.807) is 11.0 Å². The molecular weight excluding hydrogens is 320 g/mol. The van der Waals surface area contributed by atoms with Crippen molar-refractivity contribution in [3.8, 4) is 5.75 Å². The van der Waals surface area contributed by atoms with Gasteiger partial charge in [-0.25, -0.2) is 9.67 Å². The van der Waals surface area contributed by atoms with E-state index < -0.39 is 11.0 Å². The number of aliphatic hydroxyl groups is 1. The van der Waals surface area contributed by atoms with Gasteiger partial charge in [-0.1, -0.05) is 39.8 Å². The predicted octanol–water partition coefficient (Wildman–Crippen LogP) is 2.70. The van der Waals surface area contributed by atoms with Crippen molar-refractivity contribution in [2.45, 2.75) is 45.8 Å². The monoisotopic (exact) mass is 346 g/mol. The third kappa shape index (κ3) is 4.79. The fraction of sp³-hybridized carbons (Fsp3) is 0.500. The number of nitrogens with zero attached hydrogens (tertiary/aromatic N) is 4. The summed E-state index contributed by atoms with van der Waals surface area (Å²) in [4.78, 5) is 3.92. The van der Waals surface area contributed by atoms with E-state index in [9.17, 15) is 5.11 Å². The molecule has 0 fully saturated rings. The Bertz CT molecular complexity index is 677. The van der Waals surface area contributed by atoms with E-state index in [1.807, 2.05) is 52.0 Å². The van der Waals surface area contributed by atoms with Crippen molar-refractivity contribution in [1.29, 1.82) is 0 Å². The maximum Gasteiger partial charge on any atom is 0.137 e. The van der Waals surface area contributed by atoms with Crippen LogP contribution in [0.15, 0.2) is 42.1 Å². The minimum Gasteiger partial charge on any atom is -0.490 e. The predicted molar refractivity (Wildman–Crippen MR) is 95.1 cm³/mol. The molecule has 7 nitrogen and oxygen atoms in total. The van der Waals surface area contributed by atoms with Gasteiger partial charge >= 0.3 is 0 Å². The van der Waals surface area contributed by atoms with Gasteiger partial charge in [0.1, 0.15) is 30.6 Å². The molecule has 2 atom stereocenters. The Morgan fingerprint density at radius 2 is 1.96 bits per heavy atom. The SMILES string of the molecule is CC(/C=N\O)c1ccc(OCC(O)(Cn2cncn2)C(C)(C)C)cc1. The van der Waals surface area contributed by atoms with Gasteiger partial charge in [-0.3, -0.25) is 0 Å². The van der Waals surface area contributed by atoms with Crippen molar-refractivity contribution in [3.05, 3.63) is 42.5 Å². The minimum atomic E-state index is -1.11. The van der Waals surface area contributed by atoms with Crippen molar-refractivity contribution in [2.24, 2.45) is 10.6 Å². The average molecular weight is 346 g/mol. The topological polar surface area (TPSA) is 92.8 Å². The van der Waals surface area contributed by atoms with Crippen molar-refractivity contribution < 1.29 is 15.1 Å². The molecule has 0 spiro atoms. The van der Waals surface area contributed by atoms with Gasteiger partial charge in [0.2, 0.25) is 0 Å². The Morgan fingerprint density at radius 3 is 2.48 bits per heavy atom. The Morgan fingerprint density at radius 1 is 1.28 bits per heavy atom. The highest BCUT2D eigenvalue weighted by atomic mass is 16.5. The maximum atomic E-state index is 11.1. The number of oxime groups is 1. The molecule has 0 bridgehead atoms. The summed E-state index contributed by atoms with van der Waals surface area (Å²) in [6.07, 6.45) is 4.49. The molecule has 0 radical (unpaired) electrons. The number of hydrogen-bond acceptors (Lipinski definition) is 6. The molecule has 0 aliphatic rings. The summed E-state index contributed by atoms with van der Waals surface area (Å²) in [5, 5.41) is 26.9. The van der Waals surface area contributed by atoms with E-state index in [4.69, 9.17) is 9.94 Å². The van der Waals surface area contributed by atoms with Crippen LogP contribution in [0.3, 0.4) is 0 Å². The molecule has 7 heteroatoms. The number of aromatic nitrogens is 3. The smallest absolute Gasteiger partial charge is 0.137 e. The molecule has 2 N–H and O–H groups in total. The van der Waals surface area contributed by atoms with Gasteiger partial charge in [-0.2, -0.15) is 5.10 Å². The molecule has 0 aliphatic heterocycles. The van der Waals surface area contributed by atoms with Gasteiger partial charge in [-0.15, -0.1) is 5.16 Å². The molecule has 2 rings (SSSR count). The van der Waals surface area contributed by atoms with Crippen LogP contribution in [-0.2, 0) is 6.54 Å². The van der Waals surface area contributed by atoms with Gasteiger partial charge in [0.25, 0.3) is 0 Å². The Labute approximate surface area is 148 Å². The summed E-state index contributed by atoms with van der Waals surface area (Å²) in [7, 11) is 0. The summed E-state index contributed by atoms with van der Waals surface area (Å²) in [5.41, 5.74) is -0.514. The lowest BCUT2D eigenvalue weighted by Crippen LogP contribution is -2.51. The Hall–Kier alpha value is -2.41. The normalized spacial score (nSPS) is 15.9. The first-order chi connectivity index (χ1) is 11.7. The van der Waals surface area contributed by atoms with E-state index in [-0.39, 0.29) is 12.5 Å². The largest absolute Gasteiger partial charge is 0.490 e. The van der Waals surface area contributed by atoms with E-state index >= 15 is 0 Å². The summed E-state index contributed by atoms with van der Waals surface area (Å²) in [6, 6.07) is 7.51. The number of hydrogen-bond donors (Lipinski definition) is 2. The van der Waals surface area contributed by atoms with Crippen molar-refractivity contribution in [3.63, 3.8) is 0 Å². The molecule has 2 unspecified atom stereocenters. The van der Waals surface area contributed by atoms with E-state index in [2.05, 4.69) is 15.2 Å². The van der Waals surface area contributed by atoms with Crippen LogP contribution in [0.4, 0.5) is 0 Å². The standard InChI is InChI=1S/C18H26N4O3/c1-14(9-21-24)15-5-7-16(8-6-15)25-11-18(23,17(2,3)4)10-22-13-19-12-20-22/h5-9,12-14,23-24H,10-11H2,1-4H3/b21-9-. The van der Waals surface area contributed by atoms with Crippen LogP contribution in [-0.4, -0.2) is 43.5 Å². The fourth-order valence-corrected chi connectivity index (χ4v) is 2.34. The first-order valence-electron chi connectivity index (χ1n) is 8.20. The quantitative estimate of drug-likeness (QED) is 0.457. The Kier molecular flexibility index (Phi) is 5.79. The molecule has 0 amide bonds. The highest BCUT2D eigenvalue weighted by Gasteiger charge is 2.41. The lowest BCUT2D eigenvalue weighted by molar-refractivity contribution is -0.101. The van der Waals surface area contributed by atoms with Crippen LogP contribution in [0.5, 0.6) is 5.75 Å². The molecule has 136 valence electrons. The molecule has 2 aromatic rings. The van der Waals surface area contributed by atoms with Crippen LogP contribution >= 0.6 is 0 Å². The van der Waals surface area contributed by atoms with Crippen molar-refractivity contribution >= 4 is 6.21 Å². The zero-order chi connectivity index (χ0) is 18.5. The fourth-order valence-electron chi connectivity index (χ4n) is 2.34. The third-order valence-corrected chi connectivity index (χ3v) is 4.46. The highest BCUT2D eigenvalue weighted by Crippen LogP contribution is 2.32. The van der Waals surface area contributed by atoms with Gasteiger partial charge < -0.3 is 15.1 Å². The minimum absolute atomic E-state index is 0.0119. The molecule has 0 saturated carbocycles. The summed E-state index contributed by atoms with van der Waals surface area (Å²) in [6.45, 7) is 8.25. The highest BCUT2D eigenvalue weighted by molar-refractivity contribution is 5.66. The number of benzene rings is 1. The Balaban J connectivity index is 2.07. The zero-order valence-electron chi connectivity index (χ0n) is 15.1. The molecular formula is C18H26N4O3. The van der Waals surface area contributed by atoms with Crippen LogP contribution in [0.2, 0.25) is 0 Å². The lowest BCUT2D eigenvalue weighted by atomic mass is 9.77. The van der Waals surface area contributed by atoms with Crippen LogP contribution < -0.4 is 4.74 Å². The second kappa shape index (κ2) is 7.65. The van der Waals surface area contributed by atoms with Crippen LogP contribution in [0.25, 0.3) is 0 Å². The summed E-state index contributed by atoms with van der Waals surface area (Å²) in [5.74, 6) is 0.677. The van der Waals surface area contributed by atoms with Gasteiger partial charge in [0, 0.05) is 5.92 Å². The van der Waals surface area contributed by atoms with E-state index in [0.29, 0.717) is 12.3 Å². The average Bonchev–Trinajstić information content (AvgIpc) is 3.05. The van der Waals surface area contributed by atoms with Crippen LogP contribution in [0.1, 0.15) is 39.2 Å². The molecule has 1 heterocycles. The summed E-state index contributed by atoms with van der Waals surface area (Å²) < 4.78 is 7.45. The van der Waals surface area contributed by atoms with Crippen molar-refractivity contribution in [2.75, 3.05) is 6.61 Å². The van der Waals surface area contributed by atoms with E-state index in [0.717, 1.165) is 5.56 Å². The van der Waals surface area contributed by atoms with Gasteiger partial charge in [-0.05, 0) is 23.1 Å². The maximum absolute atomic E-state index is 11.1. The second-order valence-electron chi connectivity index (χ2n) is 7.29. The second-order valence-corrected chi connectivity index (χ2v) is 7.29. The molecule has 0 saturated heterocycles.